The van der Waals surface area contributed by atoms with Gasteiger partial charge >= 0.3 is 0 Å². The van der Waals surface area contributed by atoms with Gasteiger partial charge in [-0.3, -0.25) is 0 Å². The molecule has 0 aliphatic carbocycles. The van der Waals surface area contributed by atoms with Crippen LogP contribution < -0.4 is 24.3 Å². The molecule has 0 radical (unpaired) electrons. The van der Waals surface area contributed by atoms with Crippen molar-refractivity contribution in [2.75, 3.05) is 20.4 Å². The molecule has 140 valence electrons. The van der Waals surface area contributed by atoms with Gasteiger partial charge in [0, 0.05) is 13.1 Å². The van der Waals surface area contributed by atoms with Gasteiger partial charge in [0.25, 0.3) is 0 Å². The van der Waals surface area contributed by atoms with Crippen LogP contribution in [-0.2, 0) is 13.2 Å². The number of methoxy groups -OCH3 is 1. The van der Waals surface area contributed by atoms with Crippen molar-refractivity contribution >= 4 is 15.9 Å². The topological polar surface area (TPSA) is 69.2 Å². The van der Waals surface area contributed by atoms with Gasteiger partial charge in [0.2, 0.25) is 6.79 Å². The molecule has 2 aromatic rings. The van der Waals surface area contributed by atoms with Gasteiger partial charge in [0.15, 0.2) is 23.0 Å². The Morgan fingerprint density at radius 2 is 2.00 bits per heavy atom. The Balaban J connectivity index is 1.68. The van der Waals surface area contributed by atoms with Crippen molar-refractivity contribution in [3.8, 4) is 23.0 Å². The highest BCUT2D eigenvalue weighted by molar-refractivity contribution is 9.10. The highest BCUT2D eigenvalue weighted by atomic mass is 79.9. The predicted octanol–water partition coefficient (Wildman–Crippen LogP) is 3.24. The summed E-state index contributed by atoms with van der Waals surface area (Å²) in [5.41, 5.74) is 2.01. The summed E-state index contributed by atoms with van der Waals surface area (Å²) in [6.45, 7) is 3.54. The van der Waals surface area contributed by atoms with E-state index in [4.69, 9.17) is 18.9 Å². The SMILES string of the molecule is COc1cc(CNCC(C)O)cc(Br)c1OCc1ccc2c(c1)OCO2. The molecule has 7 heteroatoms. The summed E-state index contributed by atoms with van der Waals surface area (Å²) in [6.07, 6.45) is -0.385. The van der Waals surface area contributed by atoms with Crippen LogP contribution in [0.2, 0.25) is 0 Å². The maximum atomic E-state index is 9.33. The summed E-state index contributed by atoms with van der Waals surface area (Å²) < 4.78 is 23.0. The second-order valence-corrected chi connectivity index (χ2v) is 6.92. The standard InChI is InChI=1S/C19H22BrNO5/c1-12(22)8-21-9-14-5-15(20)19(18(7-14)23-2)24-10-13-3-4-16-17(6-13)26-11-25-16/h3-7,12,21-22H,8-11H2,1-2H3. The quantitative estimate of drug-likeness (QED) is 0.678. The molecular weight excluding hydrogens is 402 g/mol. The lowest BCUT2D eigenvalue weighted by Crippen LogP contribution is -2.23. The van der Waals surface area contributed by atoms with E-state index in [0.29, 0.717) is 31.2 Å². The minimum absolute atomic E-state index is 0.254. The van der Waals surface area contributed by atoms with Crippen LogP contribution in [0.3, 0.4) is 0 Å². The van der Waals surface area contributed by atoms with E-state index in [-0.39, 0.29) is 12.9 Å². The lowest BCUT2D eigenvalue weighted by atomic mass is 10.2. The molecule has 0 amide bonds. The van der Waals surface area contributed by atoms with Gasteiger partial charge in [-0.1, -0.05) is 6.07 Å². The molecule has 0 saturated carbocycles. The molecule has 1 atom stereocenters. The van der Waals surface area contributed by atoms with Crippen LogP contribution >= 0.6 is 15.9 Å². The highest BCUT2D eigenvalue weighted by Gasteiger charge is 2.15. The molecule has 6 nitrogen and oxygen atoms in total. The third-order valence-electron chi connectivity index (χ3n) is 3.88. The van der Waals surface area contributed by atoms with Crippen molar-refractivity contribution in [1.29, 1.82) is 0 Å². The Morgan fingerprint density at radius 3 is 2.77 bits per heavy atom. The summed E-state index contributed by atoms with van der Waals surface area (Å²) in [4.78, 5) is 0. The van der Waals surface area contributed by atoms with Crippen LogP contribution in [0.15, 0.2) is 34.8 Å². The number of aliphatic hydroxyl groups excluding tert-OH is 1. The molecule has 0 aromatic heterocycles. The highest BCUT2D eigenvalue weighted by Crippen LogP contribution is 2.38. The number of nitrogens with one attached hydrogen (secondary N) is 1. The number of benzene rings is 2. The van der Waals surface area contributed by atoms with Crippen molar-refractivity contribution in [3.05, 3.63) is 45.9 Å². The van der Waals surface area contributed by atoms with Crippen LogP contribution in [0.1, 0.15) is 18.1 Å². The second-order valence-electron chi connectivity index (χ2n) is 6.07. The monoisotopic (exact) mass is 423 g/mol. The van der Waals surface area contributed by atoms with Gasteiger partial charge in [0.05, 0.1) is 17.7 Å². The average Bonchev–Trinajstić information content (AvgIpc) is 3.07. The van der Waals surface area contributed by atoms with Gasteiger partial charge in [-0.15, -0.1) is 0 Å². The molecule has 0 fully saturated rings. The molecule has 0 spiro atoms. The van der Waals surface area contributed by atoms with Crippen LogP contribution in [0.4, 0.5) is 0 Å². The Labute approximate surface area is 161 Å². The number of fused-ring (bicyclic) bond motifs is 1. The van der Waals surface area contributed by atoms with E-state index >= 15 is 0 Å². The predicted molar refractivity (Wildman–Crippen MR) is 101 cm³/mol. The molecule has 1 aliphatic heterocycles. The molecular formula is C19H22BrNO5. The summed E-state index contributed by atoms with van der Waals surface area (Å²) in [5, 5.41) is 12.5. The van der Waals surface area contributed by atoms with E-state index in [1.165, 1.54) is 0 Å². The van der Waals surface area contributed by atoms with E-state index in [1.807, 2.05) is 30.3 Å². The van der Waals surface area contributed by atoms with Crippen molar-refractivity contribution < 1.29 is 24.1 Å². The van der Waals surface area contributed by atoms with Gasteiger partial charge in [-0.05, 0) is 58.2 Å². The number of hydrogen-bond donors (Lipinski definition) is 2. The Morgan fingerprint density at radius 1 is 1.19 bits per heavy atom. The van der Waals surface area contributed by atoms with E-state index in [1.54, 1.807) is 14.0 Å². The Hall–Kier alpha value is -1.96. The fourth-order valence-electron chi connectivity index (χ4n) is 2.63. The molecule has 1 heterocycles. The maximum absolute atomic E-state index is 9.33. The summed E-state index contributed by atoms with van der Waals surface area (Å²) in [7, 11) is 1.61. The zero-order valence-corrected chi connectivity index (χ0v) is 16.3. The maximum Gasteiger partial charge on any atom is 0.231 e. The fourth-order valence-corrected chi connectivity index (χ4v) is 3.23. The summed E-state index contributed by atoms with van der Waals surface area (Å²) >= 11 is 3.56. The van der Waals surface area contributed by atoms with E-state index in [9.17, 15) is 5.11 Å². The number of hydrogen-bond acceptors (Lipinski definition) is 6. The smallest absolute Gasteiger partial charge is 0.231 e. The minimum Gasteiger partial charge on any atom is -0.493 e. The number of halogens is 1. The number of aliphatic hydroxyl groups is 1. The Bertz CT molecular complexity index is 766. The summed E-state index contributed by atoms with van der Waals surface area (Å²) in [5.74, 6) is 2.77. The molecule has 26 heavy (non-hydrogen) atoms. The van der Waals surface area contributed by atoms with Crippen LogP contribution in [0.5, 0.6) is 23.0 Å². The van der Waals surface area contributed by atoms with Gasteiger partial charge in [-0.25, -0.2) is 0 Å². The fraction of sp³-hybridized carbons (Fsp3) is 0.368. The molecule has 2 N–H and O–H groups in total. The van der Waals surface area contributed by atoms with Gasteiger partial charge in [-0.2, -0.15) is 0 Å². The zero-order valence-electron chi connectivity index (χ0n) is 14.8. The van der Waals surface area contributed by atoms with Crippen LogP contribution in [-0.4, -0.2) is 31.7 Å². The first-order valence-corrected chi connectivity index (χ1v) is 9.12. The largest absolute Gasteiger partial charge is 0.493 e. The van der Waals surface area contributed by atoms with Gasteiger partial charge < -0.3 is 29.4 Å². The van der Waals surface area contributed by atoms with Gasteiger partial charge in [0.1, 0.15) is 6.61 Å². The van der Waals surface area contributed by atoms with Crippen LogP contribution in [0.25, 0.3) is 0 Å². The van der Waals surface area contributed by atoms with E-state index < -0.39 is 0 Å². The zero-order chi connectivity index (χ0) is 18.5. The van der Waals surface area contributed by atoms with Crippen LogP contribution in [0, 0.1) is 0 Å². The average molecular weight is 424 g/mol. The first-order valence-electron chi connectivity index (χ1n) is 8.33. The molecule has 3 rings (SSSR count). The number of rotatable bonds is 8. The molecule has 1 aliphatic rings. The second kappa shape index (κ2) is 8.62. The first-order chi connectivity index (χ1) is 12.6. The van der Waals surface area contributed by atoms with Crippen molar-refractivity contribution in [2.24, 2.45) is 0 Å². The third-order valence-corrected chi connectivity index (χ3v) is 4.47. The normalized spacial score (nSPS) is 13.5. The molecule has 0 saturated heterocycles. The molecule has 1 unspecified atom stereocenters. The van der Waals surface area contributed by atoms with Crippen molar-refractivity contribution in [3.63, 3.8) is 0 Å². The minimum atomic E-state index is -0.385. The third kappa shape index (κ3) is 4.60. The van der Waals surface area contributed by atoms with E-state index in [2.05, 4.69) is 21.2 Å². The van der Waals surface area contributed by atoms with Crippen molar-refractivity contribution in [2.45, 2.75) is 26.2 Å². The first kappa shape index (κ1) is 18.8. The molecule has 2 aromatic carbocycles. The number of ether oxygens (including phenoxy) is 4. The summed E-state index contributed by atoms with van der Waals surface area (Å²) in [6, 6.07) is 9.64. The lowest BCUT2D eigenvalue weighted by Gasteiger charge is -2.15. The van der Waals surface area contributed by atoms with Crippen molar-refractivity contribution in [1.82, 2.24) is 5.32 Å². The lowest BCUT2D eigenvalue weighted by molar-refractivity contribution is 0.174. The van der Waals surface area contributed by atoms with E-state index in [0.717, 1.165) is 27.1 Å². The molecule has 0 bridgehead atoms. The Kier molecular flexibility index (Phi) is 6.24.